The highest BCUT2D eigenvalue weighted by molar-refractivity contribution is 5.85. The fraction of sp³-hybridized carbons (Fsp3) is 0.120. The van der Waals surface area contributed by atoms with Crippen molar-refractivity contribution < 1.29 is 0 Å². The van der Waals surface area contributed by atoms with E-state index in [1.165, 1.54) is 33.5 Å². The normalized spacial score (nSPS) is 15.6. The largest absolute Gasteiger partial charge is 0.359 e. The summed E-state index contributed by atoms with van der Waals surface area (Å²) < 4.78 is 0. The maximum absolute atomic E-state index is 4.41. The van der Waals surface area contributed by atoms with Crippen molar-refractivity contribution in [2.45, 2.75) is 19.8 Å². The Bertz CT molecular complexity index is 977. The van der Waals surface area contributed by atoms with Crippen LogP contribution < -0.4 is 5.32 Å². The fourth-order valence-electron chi connectivity index (χ4n) is 3.53. The molecule has 0 heterocycles. The van der Waals surface area contributed by atoms with Crippen LogP contribution >= 0.6 is 0 Å². The van der Waals surface area contributed by atoms with E-state index < -0.39 is 0 Å². The predicted octanol–water partition coefficient (Wildman–Crippen LogP) is 6.46. The Morgan fingerprint density at radius 3 is 2.27 bits per heavy atom. The van der Waals surface area contributed by atoms with Gasteiger partial charge in [0.1, 0.15) is 0 Å². The average molecular weight is 337 g/mol. The van der Waals surface area contributed by atoms with Crippen molar-refractivity contribution in [2.75, 3.05) is 5.32 Å². The summed E-state index contributed by atoms with van der Waals surface area (Å²) in [4.78, 5) is 0. The first kappa shape index (κ1) is 16.4. The molecule has 1 heteroatoms. The molecule has 3 aromatic carbocycles. The van der Waals surface area contributed by atoms with Crippen LogP contribution in [0.5, 0.6) is 0 Å². The Labute approximate surface area is 155 Å². The number of aryl methyl sites for hydroxylation is 2. The maximum atomic E-state index is 4.41. The first-order valence-electron chi connectivity index (χ1n) is 9.11. The molecule has 1 nitrogen and oxygen atoms in total. The predicted molar refractivity (Wildman–Crippen MR) is 112 cm³/mol. The van der Waals surface area contributed by atoms with Gasteiger partial charge in [0.25, 0.3) is 0 Å². The molecule has 26 heavy (non-hydrogen) atoms. The molecule has 1 aliphatic rings. The Balaban J connectivity index is 1.78. The minimum Gasteiger partial charge on any atom is -0.359 e. The number of hydrogen-bond acceptors (Lipinski definition) is 1. The van der Waals surface area contributed by atoms with Gasteiger partial charge < -0.3 is 5.32 Å². The molecule has 0 aliphatic heterocycles. The van der Waals surface area contributed by atoms with Crippen LogP contribution in [-0.2, 0) is 6.42 Å². The minimum atomic E-state index is 0.965. The van der Waals surface area contributed by atoms with E-state index in [9.17, 15) is 0 Å². The van der Waals surface area contributed by atoms with E-state index in [1.54, 1.807) is 0 Å². The quantitative estimate of drug-likeness (QED) is 0.566. The van der Waals surface area contributed by atoms with Crippen molar-refractivity contribution in [1.29, 1.82) is 0 Å². The SMILES string of the molecule is C=C1c2ccccc2/C=C(/Nc2ccc(C)cc2)CCc2ccccc21. The smallest absolute Gasteiger partial charge is 0.0381 e. The molecule has 0 bridgehead atoms. The number of fused-ring (bicyclic) bond motifs is 2. The summed E-state index contributed by atoms with van der Waals surface area (Å²) in [5.41, 5.74) is 9.75. The zero-order chi connectivity index (χ0) is 17.9. The Morgan fingerprint density at radius 1 is 0.769 bits per heavy atom. The second-order valence-corrected chi connectivity index (χ2v) is 6.88. The van der Waals surface area contributed by atoms with Gasteiger partial charge in [-0.15, -0.1) is 0 Å². The average Bonchev–Trinajstić information content (AvgIpc) is 2.72. The molecular formula is C25H23N. The molecule has 1 N–H and O–H groups in total. The van der Waals surface area contributed by atoms with Gasteiger partial charge in [-0.2, -0.15) is 0 Å². The molecule has 1 aliphatic carbocycles. The van der Waals surface area contributed by atoms with Crippen LogP contribution in [0.4, 0.5) is 5.69 Å². The topological polar surface area (TPSA) is 12.0 Å². The summed E-state index contributed by atoms with van der Waals surface area (Å²) in [5.74, 6) is 0. The molecule has 0 aromatic heterocycles. The maximum Gasteiger partial charge on any atom is 0.0381 e. The van der Waals surface area contributed by atoms with Crippen molar-refractivity contribution in [3.05, 3.63) is 113 Å². The van der Waals surface area contributed by atoms with Gasteiger partial charge >= 0.3 is 0 Å². The number of anilines is 1. The van der Waals surface area contributed by atoms with Gasteiger partial charge in [-0.1, -0.05) is 72.8 Å². The highest BCUT2D eigenvalue weighted by Gasteiger charge is 2.14. The summed E-state index contributed by atoms with van der Waals surface area (Å²) in [6, 6.07) is 25.7. The standard InChI is InChI=1S/C25H23N/c1-18-11-14-22(15-12-18)26-23-16-13-20-7-3-5-9-24(20)19(2)25-10-6-4-8-21(25)17-23/h3-12,14-15,17,26H,2,13,16H2,1H3/b23-17+. The Morgan fingerprint density at radius 2 is 1.46 bits per heavy atom. The number of benzene rings is 3. The van der Waals surface area contributed by atoms with Crippen LogP contribution in [0.3, 0.4) is 0 Å². The number of hydrogen-bond donors (Lipinski definition) is 1. The molecule has 0 saturated heterocycles. The third-order valence-corrected chi connectivity index (χ3v) is 4.98. The number of nitrogens with one attached hydrogen (secondary N) is 1. The van der Waals surface area contributed by atoms with Gasteiger partial charge in [-0.05, 0) is 65.8 Å². The van der Waals surface area contributed by atoms with Crippen LogP contribution in [-0.4, -0.2) is 0 Å². The second-order valence-electron chi connectivity index (χ2n) is 6.88. The molecular weight excluding hydrogens is 314 g/mol. The first-order valence-corrected chi connectivity index (χ1v) is 9.11. The molecule has 3 aromatic rings. The Hall–Kier alpha value is -3.06. The lowest BCUT2D eigenvalue weighted by molar-refractivity contribution is 0.950. The summed E-state index contributed by atoms with van der Waals surface area (Å²) in [6.45, 7) is 6.52. The van der Waals surface area contributed by atoms with Crippen LogP contribution in [0.25, 0.3) is 11.6 Å². The molecule has 0 spiro atoms. The fourth-order valence-corrected chi connectivity index (χ4v) is 3.53. The second kappa shape index (κ2) is 7.05. The molecule has 0 atom stereocenters. The molecule has 0 fully saturated rings. The van der Waals surface area contributed by atoms with E-state index in [0.29, 0.717) is 0 Å². The van der Waals surface area contributed by atoms with Crippen molar-refractivity contribution in [2.24, 2.45) is 0 Å². The summed E-state index contributed by atoms with van der Waals surface area (Å²) in [5, 5.41) is 3.62. The van der Waals surface area contributed by atoms with Gasteiger partial charge in [0.15, 0.2) is 0 Å². The third kappa shape index (κ3) is 3.34. The Kier molecular flexibility index (Phi) is 4.45. The lowest BCUT2D eigenvalue weighted by atomic mass is 9.92. The van der Waals surface area contributed by atoms with Crippen molar-refractivity contribution in [3.8, 4) is 0 Å². The van der Waals surface area contributed by atoms with Gasteiger partial charge in [0.05, 0.1) is 0 Å². The van der Waals surface area contributed by atoms with Crippen LogP contribution in [0.15, 0.2) is 85.1 Å². The van der Waals surface area contributed by atoms with E-state index in [2.05, 4.69) is 97.7 Å². The van der Waals surface area contributed by atoms with Gasteiger partial charge in [-0.25, -0.2) is 0 Å². The zero-order valence-electron chi connectivity index (χ0n) is 15.1. The summed E-state index contributed by atoms with van der Waals surface area (Å²) >= 11 is 0. The number of rotatable bonds is 2. The molecule has 0 radical (unpaired) electrons. The summed E-state index contributed by atoms with van der Waals surface area (Å²) in [7, 11) is 0. The van der Waals surface area contributed by atoms with Crippen LogP contribution in [0.2, 0.25) is 0 Å². The highest BCUT2D eigenvalue weighted by atomic mass is 14.9. The lowest BCUT2D eigenvalue weighted by Gasteiger charge is -2.12. The zero-order valence-corrected chi connectivity index (χ0v) is 15.1. The number of allylic oxidation sites excluding steroid dienone is 1. The van der Waals surface area contributed by atoms with E-state index >= 15 is 0 Å². The van der Waals surface area contributed by atoms with E-state index in [-0.39, 0.29) is 0 Å². The van der Waals surface area contributed by atoms with E-state index in [0.717, 1.165) is 24.1 Å². The van der Waals surface area contributed by atoms with Gasteiger partial charge in [0.2, 0.25) is 0 Å². The minimum absolute atomic E-state index is 0.965. The van der Waals surface area contributed by atoms with Crippen molar-refractivity contribution in [3.63, 3.8) is 0 Å². The first-order chi connectivity index (χ1) is 12.7. The molecule has 0 saturated carbocycles. The van der Waals surface area contributed by atoms with Gasteiger partial charge in [0, 0.05) is 11.4 Å². The lowest BCUT2D eigenvalue weighted by Crippen LogP contribution is -2.01. The molecule has 4 rings (SSSR count). The van der Waals surface area contributed by atoms with E-state index in [1.807, 2.05) is 0 Å². The van der Waals surface area contributed by atoms with Crippen molar-refractivity contribution in [1.82, 2.24) is 0 Å². The summed E-state index contributed by atoms with van der Waals surface area (Å²) in [6.07, 6.45) is 4.23. The van der Waals surface area contributed by atoms with Crippen LogP contribution in [0.1, 0.15) is 34.2 Å². The molecule has 0 amide bonds. The van der Waals surface area contributed by atoms with E-state index in [4.69, 9.17) is 0 Å². The third-order valence-electron chi connectivity index (χ3n) is 4.98. The van der Waals surface area contributed by atoms with Gasteiger partial charge in [-0.3, -0.25) is 0 Å². The van der Waals surface area contributed by atoms with Crippen molar-refractivity contribution >= 4 is 17.3 Å². The highest BCUT2D eigenvalue weighted by Crippen LogP contribution is 2.32. The molecule has 128 valence electrons. The monoisotopic (exact) mass is 337 g/mol. The van der Waals surface area contributed by atoms with Crippen LogP contribution in [0, 0.1) is 6.92 Å². The molecule has 0 unspecified atom stereocenters.